The highest BCUT2D eigenvalue weighted by Gasteiger charge is 2.25. The molecule has 1 aromatic rings. The van der Waals surface area contributed by atoms with Crippen molar-refractivity contribution in [2.75, 3.05) is 32.0 Å². The Balaban J connectivity index is 1.67. The van der Waals surface area contributed by atoms with Crippen molar-refractivity contribution in [2.24, 2.45) is 0 Å². The van der Waals surface area contributed by atoms with Crippen molar-refractivity contribution in [3.63, 3.8) is 0 Å². The number of carbonyl (C=O) groups excluding carboxylic acids is 1. The Hall–Kier alpha value is -1.80. The number of hydrogen-bond acceptors (Lipinski definition) is 4. The van der Waals surface area contributed by atoms with Gasteiger partial charge in [-0.3, -0.25) is 0 Å². The maximum absolute atomic E-state index is 12.2. The van der Waals surface area contributed by atoms with Gasteiger partial charge in [-0.05, 0) is 56.4 Å². The average molecular weight is 398 g/mol. The van der Waals surface area contributed by atoms with E-state index in [2.05, 4.69) is 16.1 Å². The number of hydrogen-bond donors (Lipinski definition) is 2. The van der Waals surface area contributed by atoms with Gasteiger partial charge in [0.1, 0.15) is 12.4 Å². The molecule has 1 aliphatic rings. The van der Waals surface area contributed by atoms with Gasteiger partial charge in [0.2, 0.25) is 10.0 Å². The fourth-order valence-electron chi connectivity index (χ4n) is 3.24. The molecular formula is C19H31N3O4S. The lowest BCUT2D eigenvalue weighted by atomic mass is 10.1. The van der Waals surface area contributed by atoms with Crippen LogP contribution in [0.15, 0.2) is 18.2 Å². The van der Waals surface area contributed by atoms with E-state index < -0.39 is 10.0 Å². The molecule has 1 saturated heterocycles. The number of piperidine rings is 1. The molecule has 1 aliphatic heterocycles. The summed E-state index contributed by atoms with van der Waals surface area (Å²) in [5, 5.41) is 2.86. The minimum atomic E-state index is -3.20. The summed E-state index contributed by atoms with van der Waals surface area (Å²) in [6.07, 6.45) is 1.87. The fourth-order valence-corrected chi connectivity index (χ4v) is 4.64. The quantitative estimate of drug-likeness (QED) is 0.658. The molecule has 2 rings (SSSR count). The molecule has 0 bridgehead atoms. The van der Waals surface area contributed by atoms with Gasteiger partial charge in [-0.2, -0.15) is 0 Å². The van der Waals surface area contributed by atoms with Crippen LogP contribution in [0.2, 0.25) is 0 Å². The van der Waals surface area contributed by atoms with Crippen LogP contribution in [0.1, 0.15) is 37.3 Å². The molecule has 7 nitrogen and oxygen atoms in total. The van der Waals surface area contributed by atoms with E-state index in [1.54, 1.807) is 4.90 Å². The Labute approximate surface area is 162 Å². The van der Waals surface area contributed by atoms with Crippen molar-refractivity contribution in [2.45, 2.75) is 46.1 Å². The Morgan fingerprint density at radius 1 is 1.19 bits per heavy atom. The summed E-state index contributed by atoms with van der Waals surface area (Å²) in [5.41, 5.74) is 2.29. The summed E-state index contributed by atoms with van der Waals surface area (Å²) in [4.78, 5) is 14.0. The molecule has 0 aliphatic carbocycles. The SMILES string of the molecule is CCCS(=O)(=O)NC1CCN(C(=O)NCCOc2cc(C)cc(C)c2)CC1. The van der Waals surface area contributed by atoms with E-state index in [-0.39, 0.29) is 17.8 Å². The number of aryl methyl sites for hydroxylation is 2. The Bertz CT molecular complexity index is 708. The zero-order valence-electron chi connectivity index (χ0n) is 16.5. The molecule has 0 atom stereocenters. The summed E-state index contributed by atoms with van der Waals surface area (Å²) >= 11 is 0. The minimum absolute atomic E-state index is 0.0847. The van der Waals surface area contributed by atoms with Crippen LogP contribution >= 0.6 is 0 Å². The number of amides is 2. The maximum atomic E-state index is 12.2. The Morgan fingerprint density at radius 3 is 2.41 bits per heavy atom. The summed E-state index contributed by atoms with van der Waals surface area (Å²) in [7, 11) is -3.20. The van der Waals surface area contributed by atoms with Gasteiger partial charge < -0.3 is 15.0 Å². The topological polar surface area (TPSA) is 87.7 Å². The summed E-state index contributed by atoms with van der Waals surface area (Å²) in [5.74, 6) is 0.954. The first-order valence-corrected chi connectivity index (χ1v) is 11.2. The molecule has 2 amide bonds. The number of urea groups is 1. The van der Waals surface area contributed by atoms with Crippen LogP contribution in [-0.4, -0.2) is 57.4 Å². The highest BCUT2D eigenvalue weighted by atomic mass is 32.2. The number of nitrogens with one attached hydrogen (secondary N) is 2. The third-order valence-electron chi connectivity index (χ3n) is 4.44. The van der Waals surface area contributed by atoms with Gasteiger partial charge in [-0.15, -0.1) is 0 Å². The lowest BCUT2D eigenvalue weighted by molar-refractivity contribution is 0.177. The fraction of sp³-hybridized carbons (Fsp3) is 0.632. The highest BCUT2D eigenvalue weighted by molar-refractivity contribution is 7.89. The van der Waals surface area contributed by atoms with Gasteiger partial charge in [-0.1, -0.05) is 13.0 Å². The van der Waals surface area contributed by atoms with E-state index in [9.17, 15) is 13.2 Å². The smallest absolute Gasteiger partial charge is 0.317 e. The first-order valence-electron chi connectivity index (χ1n) is 9.53. The molecule has 0 spiro atoms. The van der Waals surface area contributed by atoms with Crippen LogP contribution in [0, 0.1) is 13.8 Å². The van der Waals surface area contributed by atoms with E-state index in [0.29, 0.717) is 45.5 Å². The normalized spacial score (nSPS) is 15.6. The van der Waals surface area contributed by atoms with E-state index in [0.717, 1.165) is 16.9 Å². The first kappa shape index (κ1) is 21.5. The molecule has 0 aromatic heterocycles. The lowest BCUT2D eigenvalue weighted by Gasteiger charge is -2.32. The van der Waals surface area contributed by atoms with Crippen LogP contribution in [0.3, 0.4) is 0 Å². The van der Waals surface area contributed by atoms with E-state index >= 15 is 0 Å². The van der Waals surface area contributed by atoms with Crippen LogP contribution in [-0.2, 0) is 10.0 Å². The van der Waals surface area contributed by atoms with Gasteiger partial charge in [0, 0.05) is 19.1 Å². The molecule has 0 saturated carbocycles. The molecule has 1 heterocycles. The standard InChI is InChI=1S/C19H31N3O4S/c1-4-11-27(24,25)21-17-5-8-22(9-6-17)19(23)20-7-10-26-18-13-15(2)12-16(3)14-18/h12-14,17,21H,4-11H2,1-3H3,(H,20,23). The van der Waals surface area contributed by atoms with Crippen molar-refractivity contribution in [3.05, 3.63) is 29.3 Å². The van der Waals surface area contributed by atoms with Crippen LogP contribution in [0.25, 0.3) is 0 Å². The number of likely N-dealkylation sites (tertiary alicyclic amines) is 1. The Kier molecular flexibility index (Phi) is 7.91. The highest BCUT2D eigenvalue weighted by Crippen LogP contribution is 2.16. The number of rotatable bonds is 8. The van der Waals surface area contributed by atoms with Crippen molar-refractivity contribution >= 4 is 16.1 Å². The second-order valence-electron chi connectivity index (χ2n) is 7.10. The summed E-state index contributed by atoms with van der Waals surface area (Å²) < 4.78 is 32.1. The second kappa shape index (κ2) is 9.94. The molecule has 1 aromatic carbocycles. The zero-order chi connectivity index (χ0) is 19.9. The first-order chi connectivity index (χ1) is 12.8. The average Bonchev–Trinajstić information content (AvgIpc) is 2.58. The molecule has 0 unspecified atom stereocenters. The molecule has 27 heavy (non-hydrogen) atoms. The van der Waals surface area contributed by atoms with Gasteiger partial charge in [0.05, 0.1) is 12.3 Å². The van der Waals surface area contributed by atoms with Crippen LogP contribution in [0.4, 0.5) is 4.79 Å². The van der Waals surface area contributed by atoms with Gasteiger partial charge >= 0.3 is 6.03 Å². The number of nitrogens with zero attached hydrogens (tertiary/aromatic N) is 1. The molecule has 8 heteroatoms. The number of benzene rings is 1. The largest absolute Gasteiger partial charge is 0.492 e. The van der Waals surface area contributed by atoms with Crippen molar-refractivity contribution in [3.8, 4) is 5.75 Å². The van der Waals surface area contributed by atoms with Gasteiger partial charge in [0.25, 0.3) is 0 Å². The minimum Gasteiger partial charge on any atom is -0.492 e. The van der Waals surface area contributed by atoms with Crippen LogP contribution in [0.5, 0.6) is 5.75 Å². The summed E-state index contributed by atoms with van der Waals surface area (Å²) in [6.45, 7) is 7.81. The van der Waals surface area contributed by atoms with Crippen molar-refractivity contribution < 1.29 is 17.9 Å². The molecule has 152 valence electrons. The second-order valence-corrected chi connectivity index (χ2v) is 8.98. The van der Waals surface area contributed by atoms with Crippen LogP contribution < -0.4 is 14.8 Å². The molecular weight excluding hydrogens is 366 g/mol. The van der Waals surface area contributed by atoms with E-state index in [4.69, 9.17) is 4.74 Å². The van der Waals surface area contributed by atoms with E-state index in [1.165, 1.54) is 0 Å². The van der Waals surface area contributed by atoms with Crippen molar-refractivity contribution in [1.82, 2.24) is 14.9 Å². The maximum Gasteiger partial charge on any atom is 0.317 e. The zero-order valence-corrected chi connectivity index (χ0v) is 17.3. The predicted octanol–water partition coefficient (Wildman–Crippen LogP) is 2.19. The molecule has 2 N–H and O–H groups in total. The molecule has 0 radical (unpaired) electrons. The third kappa shape index (κ3) is 7.38. The predicted molar refractivity (Wildman–Crippen MR) is 107 cm³/mol. The summed E-state index contributed by atoms with van der Waals surface area (Å²) in [6, 6.07) is 5.81. The van der Waals surface area contributed by atoms with Crippen molar-refractivity contribution in [1.29, 1.82) is 0 Å². The van der Waals surface area contributed by atoms with Gasteiger partial charge in [-0.25, -0.2) is 17.9 Å². The van der Waals surface area contributed by atoms with Gasteiger partial charge in [0.15, 0.2) is 0 Å². The molecule has 1 fully saturated rings. The Morgan fingerprint density at radius 2 is 1.81 bits per heavy atom. The third-order valence-corrected chi connectivity index (χ3v) is 6.08. The number of sulfonamides is 1. The number of carbonyl (C=O) groups is 1. The number of ether oxygens (including phenoxy) is 1. The lowest BCUT2D eigenvalue weighted by Crippen LogP contribution is -2.50. The monoisotopic (exact) mass is 397 g/mol. The van der Waals surface area contributed by atoms with E-state index in [1.807, 2.05) is 32.9 Å².